The lowest BCUT2D eigenvalue weighted by Crippen LogP contribution is -2.43. The van der Waals surface area contributed by atoms with Crippen LogP contribution in [0, 0.1) is 11.2 Å². The van der Waals surface area contributed by atoms with Gasteiger partial charge in [0.1, 0.15) is 11.2 Å². The van der Waals surface area contributed by atoms with E-state index in [-0.39, 0.29) is 17.7 Å². The molecule has 0 radical (unpaired) electrons. The van der Waals surface area contributed by atoms with Gasteiger partial charge in [-0.2, -0.15) is 0 Å². The Morgan fingerprint density at radius 3 is 2.60 bits per heavy atom. The largest absolute Gasteiger partial charge is 0.465 e. The van der Waals surface area contributed by atoms with Gasteiger partial charge in [0.05, 0.1) is 6.61 Å². The second-order valence-electron chi connectivity index (χ2n) is 6.82. The summed E-state index contributed by atoms with van der Waals surface area (Å²) in [6.45, 7) is 5.28. The standard InChI is InChI=1S/C19H25FN2O3/c1-2-25-18(24)19(8-9-19)17(23)22-11-5-10-21(12-13-22)14-15-6-3-4-7-16(15)20/h3-4,6-7H,2,5,8-14H2,1H3. The summed E-state index contributed by atoms with van der Waals surface area (Å²) in [7, 11) is 0. The van der Waals surface area contributed by atoms with Crippen LogP contribution in [-0.4, -0.2) is 54.5 Å². The van der Waals surface area contributed by atoms with Crippen molar-refractivity contribution in [3.63, 3.8) is 0 Å². The van der Waals surface area contributed by atoms with Crippen LogP contribution in [0.25, 0.3) is 0 Å². The number of benzene rings is 1. The zero-order chi connectivity index (χ0) is 17.9. The van der Waals surface area contributed by atoms with E-state index in [1.165, 1.54) is 6.07 Å². The fourth-order valence-corrected chi connectivity index (χ4v) is 3.40. The SMILES string of the molecule is CCOC(=O)C1(C(=O)N2CCCN(Cc3ccccc3F)CC2)CC1. The zero-order valence-electron chi connectivity index (χ0n) is 14.7. The van der Waals surface area contributed by atoms with E-state index < -0.39 is 5.41 Å². The van der Waals surface area contributed by atoms with Gasteiger partial charge in [-0.25, -0.2) is 4.39 Å². The molecule has 0 aromatic heterocycles. The van der Waals surface area contributed by atoms with Gasteiger partial charge in [0, 0.05) is 38.3 Å². The molecule has 1 aliphatic carbocycles. The monoisotopic (exact) mass is 348 g/mol. The van der Waals surface area contributed by atoms with Crippen molar-refractivity contribution in [2.24, 2.45) is 5.41 Å². The molecule has 1 saturated heterocycles. The quantitative estimate of drug-likeness (QED) is 0.605. The van der Waals surface area contributed by atoms with Crippen molar-refractivity contribution in [2.45, 2.75) is 32.7 Å². The highest BCUT2D eigenvalue weighted by molar-refractivity contribution is 6.05. The molecule has 136 valence electrons. The molecule has 0 bridgehead atoms. The van der Waals surface area contributed by atoms with Crippen LogP contribution in [0.4, 0.5) is 4.39 Å². The maximum absolute atomic E-state index is 13.8. The summed E-state index contributed by atoms with van der Waals surface area (Å²) >= 11 is 0. The van der Waals surface area contributed by atoms with Gasteiger partial charge in [-0.05, 0) is 32.3 Å². The number of ether oxygens (including phenoxy) is 1. The fraction of sp³-hybridized carbons (Fsp3) is 0.579. The number of hydrogen-bond donors (Lipinski definition) is 0. The first-order valence-corrected chi connectivity index (χ1v) is 8.99. The number of amides is 1. The maximum atomic E-state index is 13.8. The minimum Gasteiger partial charge on any atom is -0.465 e. The molecule has 1 aromatic carbocycles. The summed E-state index contributed by atoms with van der Waals surface area (Å²) in [5.74, 6) is -0.676. The molecular weight excluding hydrogens is 323 g/mol. The summed E-state index contributed by atoms with van der Waals surface area (Å²) in [6.07, 6.45) is 1.99. The summed E-state index contributed by atoms with van der Waals surface area (Å²) in [5, 5.41) is 0. The summed E-state index contributed by atoms with van der Waals surface area (Å²) in [5.41, 5.74) is -0.260. The van der Waals surface area contributed by atoms with Crippen LogP contribution in [0.2, 0.25) is 0 Å². The van der Waals surface area contributed by atoms with Gasteiger partial charge >= 0.3 is 5.97 Å². The van der Waals surface area contributed by atoms with E-state index >= 15 is 0 Å². The maximum Gasteiger partial charge on any atom is 0.321 e. The van der Waals surface area contributed by atoms with Gasteiger partial charge in [0.25, 0.3) is 0 Å². The molecule has 2 aliphatic rings. The first kappa shape index (κ1) is 17.9. The summed E-state index contributed by atoms with van der Waals surface area (Å²) in [4.78, 5) is 28.9. The molecule has 1 amide bonds. The van der Waals surface area contributed by atoms with E-state index in [0.717, 1.165) is 13.0 Å². The van der Waals surface area contributed by atoms with Gasteiger partial charge < -0.3 is 9.64 Å². The Labute approximate surface area is 147 Å². The van der Waals surface area contributed by atoms with E-state index in [9.17, 15) is 14.0 Å². The van der Waals surface area contributed by atoms with E-state index in [4.69, 9.17) is 4.74 Å². The Kier molecular flexibility index (Phi) is 5.37. The lowest BCUT2D eigenvalue weighted by atomic mass is 10.1. The van der Waals surface area contributed by atoms with Crippen LogP contribution < -0.4 is 0 Å². The predicted octanol–water partition coefficient (Wildman–Crippen LogP) is 2.20. The van der Waals surface area contributed by atoms with Gasteiger partial charge in [0.15, 0.2) is 0 Å². The lowest BCUT2D eigenvalue weighted by Gasteiger charge is -2.25. The van der Waals surface area contributed by atoms with Crippen molar-refractivity contribution >= 4 is 11.9 Å². The molecule has 1 aliphatic heterocycles. The summed E-state index contributed by atoms with van der Waals surface area (Å²) < 4.78 is 18.9. The van der Waals surface area contributed by atoms with Crippen molar-refractivity contribution in [1.82, 2.24) is 9.80 Å². The van der Waals surface area contributed by atoms with E-state index in [1.807, 2.05) is 6.07 Å². The predicted molar refractivity (Wildman–Crippen MR) is 91.2 cm³/mol. The Bertz CT molecular complexity index is 645. The zero-order valence-corrected chi connectivity index (χ0v) is 14.7. The molecule has 5 nitrogen and oxygen atoms in total. The van der Waals surface area contributed by atoms with Crippen molar-refractivity contribution in [2.75, 3.05) is 32.8 Å². The van der Waals surface area contributed by atoms with Crippen molar-refractivity contribution in [3.05, 3.63) is 35.6 Å². The third-order valence-corrected chi connectivity index (χ3v) is 5.05. The van der Waals surface area contributed by atoms with Gasteiger partial charge in [-0.1, -0.05) is 18.2 Å². The van der Waals surface area contributed by atoms with Crippen LogP contribution in [0.1, 0.15) is 31.7 Å². The second kappa shape index (κ2) is 7.52. The number of nitrogens with zero attached hydrogens (tertiary/aromatic N) is 2. The van der Waals surface area contributed by atoms with Gasteiger partial charge in [-0.3, -0.25) is 14.5 Å². The molecule has 3 rings (SSSR count). The first-order valence-electron chi connectivity index (χ1n) is 8.99. The topological polar surface area (TPSA) is 49.9 Å². The van der Waals surface area contributed by atoms with Crippen molar-refractivity contribution in [3.8, 4) is 0 Å². The Morgan fingerprint density at radius 2 is 1.92 bits per heavy atom. The highest BCUT2D eigenvalue weighted by Gasteiger charge is 2.59. The normalized spacial score (nSPS) is 20.0. The number of rotatable bonds is 5. The third-order valence-electron chi connectivity index (χ3n) is 5.05. The molecule has 1 heterocycles. The Balaban J connectivity index is 1.59. The molecule has 0 unspecified atom stereocenters. The number of hydrogen-bond acceptors (Lipinski definition) is 4. The number of carbonyl (C=O) groups is 2. The molecule has 1 saturated carbocycles. The fourth-order valence-electron chi connectivity index (χ4n) is 3.40. The number of carbonyl (C=O) groups excluding carboxylic acids is 2. The van der Waals surface area contributed by atoms with E-state index in [1.54, 1.807) is 24.0 Å². The van der Waals surface area contributed by atoms with Crippen LogP contribution in [0.15, 0.2) is 24.3 Å². The molecule has 1 aromatic rings. The molecular formula is C19H25FN2O3. The second-order valence-corrected chi connectivity index (χ2v) is 6.82. The minimum atomic E-state index is -0.934. The Hall–Kier alpha value is -1.95. The average molecular weight is 348 g/mol. The van der Waals surface area contributed by atoms with Crippen molar-refractivity contribution < 1.29 is 18.7 Å². The molecule has 0 spiro atoms. The molecule has 25 heavy (non-hydrogen) atoms. The van der Waals surface area contributed by atoms with Crippen LogP contribution in [0.5, 0.6) is 0 Å². The highest BCUT2D eigenvalue weighted by atomic mass is 19.1. The van der Waals surface area contributed by atoms with Crippen LogP contribution in [-0.2, 0) is 20.9 Å². The highest BCUT2D eigenvalue weighted by Crippen LogP contribution is 2.48. The third kappa shape index (κ3) is 3.84. The van der Waals surface area contributed by atoms with E-state index in [2.05, 4.69) is 4.90 Å². The van der Waals surface area contributed by atoms with Gasteiger partial charge in [-0.15, -0.1) is 0 Å². The molecule has 0 N–H and O–H groups in total. The van der Waals surface area contributed by atoms with Gasteiger partial charge in [0.2, 0.25) is 5.91 Å². The summed E-state index contributed by atoms with van der Waals surface area (Å²) in [6, 6.07) is 6.79. The van der Waals surface area contributed by atoms with E-state index in [0.29, 0.717) is 51.2 Å². The minimum absolute atomic E-state index is 0.0984. The van der Waals surface area contributed by atoms with Crippen molar-refractivity contribution in [1.29, 1.82) is 0 Å². The van der Waals surface area contributed by atoms with Crippen LogP contribution >= 0.6 is 0 Å². The first-order chi connectivity index (χ1) is 12.1. The molecule has 6 heteroatoms. The molecule has 2 fully saturated rings. The number of esters is 1. The van der Waals surface area contributed by atoms with Crippen LogP contribution in [0.3, 0.4) is 0 Å². The Morgan fingerprint density at radius 1 is 1.16 bits per heavy atom. The number of halogens is 1. The lowest BCUT2D eigenvalue weighted by molar-refractivity contribution is -0.157. The molecule has 0 atom stereocenters. The average Bonchev–Trinajstić information content (AvgIpc) is 3.42. The smallest absolute Gasteiger partial charge is 0.321 e.